The lowest BCUT2D eigenvalue weighted by atomic mass is 10.2. The molecule has 3 rings (SSSR count). The van der Waals surface area contributed by atoms with E-state index in [9.17, 15) is 13.2 Å². The highest BCUT2D eigenvalue weighted by atomic mass is 35.5. The van der Waals surface area contributed by atoms with Crippen molar-refractivity contribution in [1.29, 1.82) is 0 Å². The molecule has 0 atom stereocenters. The van der Waals surface area contributed by atoms with Crippen LogP contribution < -0.4 is 9.56 Å². The van der Waals surface area contributed by atoms with Crippen LogP contribution >= 0.6 is 11.8 Å². The van der Waals surface area contributed by atoms with E-state index < -0.39 is 15.9 Å². The molecule has 2 aromatic carbocycles. The number of carbonyl (C=O) groups is 1. The smallest absolute Gasteiger partial charge is 0.283 e. The molecular weight excluding hydrogens is 350 g/mol. The molecule has 0 bridgehead atoms. The summed E-state index contributed by atoms with van der Waals surface area (Å²) in [6, 6.07) is 15.9. The number of sulfonamides is 1. The van der Waals surface area contributed by atoms with Gasteiger partial charge in [-0.15, -0.1) is 0 Å². The number of amides is 1. The topological polar surface area (TPSA) is 91.1 Å². The fourth-order valence-electron chi connectivity index (χ4n) is 2.45. The first kappa shape index (κ1) is 16.5. The third-order valence-corrected chi connectivity index (χ3v) is 5.21. The Bertz CT molecular complexity index is 984. The molecule has 0 saturated carbocycles. The van der Waals surface area contributed by atoms with Crippen LogP contribution in [-0.4, -0.2) is 19.3 Å². The first-order valence-electron chi connectivity index (χ1n) is 7.08. The minimum Gasteiger partial charge on any atom is -0.349 e. The molecule has 0 aliphatic carbocycles. The van der Waals surface area contributed by atoms with Crippen LogP contribution in [0, 0.1) is 0 Å². The Kier molecular flexibility index (Phi) is 4.57. The molecular formula is C16H14ClN3O3S. The van der Waals surface area contributed by atoms with Crippen molar-refractivity contribution >= 4 is 38.6 Å². The summed E-state index contributed by atoms with van der Waals surface area (Å²) < 4.78 is 28.1. The molecule has 1 heterocycles. The van der Waals surface area contributed by atoms with Crippen molar-refractivity contribution in [3.05, 3.63) is 65.9 Å². The average Bonchev–Trinajstić information content (AvgIpc) is 3.00. The summed E-state index contributed by atoms with van der Waals surface area (Å²) in [4.78, 5) is 16.6. The van der Waals surface area contributed by atoms with Gasteiger partial charge < -0.3 is 4.98 Å². The van der Waals surface area contributed by atoms with Crippen molar-refractivity contribution in [1.82, 2.24) is 14.5 Å². The highest BCUT2D eigenvalue weighted by molar-refractivity contribution is 7.89. The van der Waals surface area contributed by atoms with Crippen molar-refractivity contribution in [3.63, 3.8) is 0 Å². The Morgan fingerprint density at radius 2 is 1.71 bits per heavy atom. The number of fused-ring (bicyclic) bond motifs is 1. The Labute approximate surface area is 144 Å². The van der Waals surface area contributed by atoms with Crippen LogP contribution in [-0.2, 0) is 16.6 Å². The molecule has 0 aliphatic rings. The third-order valence-electron chi connectivity index (χ3n) is 3.55. The average molecular weight is 364 g/mol. The maximum absolute atomic E-state index is 12.8. The van der Waals surface area contributed by atoms with Gasteiger partial charge >= 0.3 is 0 Å². The second kappa shape index (κ2) is 6.64. The van der Waals surface area contributed by atoms with E-state index >= 15 is 0 Å². The molecule has 0 saturated heterocycles. The molecule has 0 radical (unpaired) electrons. The van der Waals surface area contributed by atoms with E-state index in [1.54, 1.807) is 24.3 Å². The van der Waals surface area contributed by atoms with E-state index in [-0.39, 0.29) is 17.1 Å². The Hall–Kier alpha value is -2.35. The Morgan fingerprint density at radius 1 is 1.04 bits per heavy atom. The third kappa shape index (κ3) is 3.14. The molecule has 124 valence electrons. The maximum atomic E-state index is 12.8. The van der Waals surface area contributed by atoms with Gasteiger partial charge in [-0.3, -0.25) is 9.63 Å². The number of H-pyrrole nitrogens is 1. The number of hydrogen-bond donors (Lipinski definition) is 3. The monoisotopic (exact) mass is 363 g/mol. The van der Waals surface area contributed by atoms with Gasteiger partial charge in [-0.2, -0.15) is 0 Å². The summed E-state index contributed by atoms with van der Waals surface area (Å²) in [5.41, 5.74) is 1.24. The van der Waals surface area contributed by atoms with Gasteiger partial charge in [0.25, 0.3) is 5.91 Å². The predicted molar refractivity (Wildman–Crippen MR) is 92.1 cm³/mol. The fraction of sp³-hybridized carbons (Fsp3) is 0.0625. The number of hydrogen-bond acceptors (Lipinski definition) is 3. The molecule has 8 heteroatoms. The van der Waals surface area contributed by atoms with Crippen LogP contribution in [0.2, 0.25) is 0 Å². The first-order chi connectivity index (χ1) is 11.5. The van der Waals surface area contributed by atoms with E-state index in [2.05, 4.69) is 9.71 Å². The van der Waals surface area contributed by atoms with Crippen molar-refractivity contribution in [2.45, 2.75) is 11.4 Å². The lowest BCUT2D eigenvalue weighted by Gasteiger charge is -2.08. The van der Waals surface area contributed by atoms with Crippen LogP contribution in [0.3, 0.4) is 0 Å². The van der Waals surface area contributed by atoms with E-state index in [1.807, 2.05) is 35.2 Å². The van der Waals surface area contributed by atoms with E-state index in [1.165, 1.54) is 0 Å². The molecule has 3 aromatic rings. The van der Waals surface area contributed by atoms with Gasteiger partial charge in [0, 0.05) is 29.2 Å². The lowest BCUT2D eigenvalue weighted by Crippen LogP contribution is -2.26. The quantitative estimate of drug-likeness (QED) is 0.608. The molecule has 0 aliphatic heterocycles. The van der Waals surface area contributed by atoms with Crippen LogP contribution in [0.25, 0.3) is 10.9 Å². The number of carbonyl (C=O) groups excluding carboxylic acids is 1. The number of halogens is 1. The fourth-order valence-corrected chi connectivity index (χ4v) is 3.92. The zero-order valence-electron chi connectivity index (χ0n) is 12.4. The van der Waals surface area contributed by atoms with Crippen molar-refractivity contribution in [3.8, 4) is 0 Å². The van der Waals surface area contributed by atoms with Gasteiger partial charge in [0.1, 0.15) is 10.6 Å². The van der Waals surface area contributed by atoms with Crippen LogP contribution in [0.4, 0.5) is 0 Å². The molecule has 6 nitrogen and oxygen atoms in total. The van der Waals surface area contributed by atoms with Crippen LogP contribution in [0.5, 0.6) is 0 Å². The molecule has 1 amide bonds. The normalized spacial score (nSPS) is 11.5. The minimum atomic E-state index is -3.93. The molecule has 0 fully saturated rings. The summed E-state index contributed by atoms with van der Waals surface area (Å²) in [6.45, 7) is 0.116. The first-order valence-corrected chi connectivity index (χ1v) is 8.94. The second-order valence-corrected chi connectivity index (χ2v) is 7.00. The van der Waals surface area contributed by atoms with Crippen LogP contribution in [0.15, 0.2) is 59.5 Å². The van der Waals surface area contributed by atoms with Gasteiger partial charge in [-0.1, -0.05) is 48.5 Å². The zero-order valence-corrected chi connectivity index (χ0v) is 14.0. The summed E-state index contributed by atoms with van der Waals surface area (Å²) in [7, 11) is -3.93. The summed E-state index contributed by atoms with van der Waals surface area (Å²) >= 11 is 5.37. The Balaban J connectivity index is 2.04. The highest BCUT2D eigenvalue weighted by Gasteiger charge is 2.27. The standard InChI is InChI=1S/C16H14ClN3O3S/c17-20-16(21)14-15(12-8-4-5-9-13(12)19-14)24(22,23)18-10-11-6-2-1-3-7-11/h1-9,18-19H,10H2,(H,20,21). The van der Waals surface area contributed by atoms with Gasteiger partial charge in [-0.25, -0.2) is 13.1 Å². The molecule has 3 N–H and O–H groups in total. The predicted octanol–water partition coefficient (Wildman–Crippen LogP) is 2.53. The SMILES string of the molecule is O=C(NCl)c1[nH]c2ccccc2c1S(=O)(=O)NCc1ccccc1. The number of aromatic nitrogens is 1. The van der Waals surface area contributed by atoms with Crippen molar-refractivity contribution in [2.75, 3.05) is 0 Å². The largest absolute Gasteiger partial charge is 0.349 e. The van der Waals surface area contributed by atoms with Gasteiger partial charge in [-0.05, 0) is 11.6 Å². The van der Waals surface area contributed by atoms with E-state index in [4.69, 9.17) is 11.8 Å². The number of nitrogens with one attached hydrogen (secondary N) is 3. The summed E-state index contributed by atoms with van der Waals surface area (Å²) in [5, 5.41) is 0.424. The zero-order chi connectivity index (χ0) is 17.2. The maximum Gasteiger partial charge on any atom is 0.283 e. The van der Waals surface area contributed by atoms with Gasteiger partial charge in [0.05, 0.1) is 0 Å². The number of aromatic amines is 1. The molecule has 0 unspecified atom stereocenters. The van der Waals surface area contributed by atoms with Crippen LogP contribution in [0.1, 0.15) is 16.1 Å². The molecule has 0 spiro atoms. The number of para-hydroxylation sites is 1. The minimum absolute atomic E-state index is 0.105. The highest BCUT2D eigenvalue weighted by Crippen LogP contribution is 2.27. The summed E-state index contributed by atoms with van der Waals surface area (Å²) in [6.07, 6.45) is 0. The second-order valence-electron chi connectivity index (χ2n) is 5.11. The van der Waals surface area contributed by atoms with E-state index in [0.29, 0.717) is 10.9 Å². The van der Waals surface area contributed by atoms with Gasteiger partial charge in [0.2, 0.25) is 10.0 Å². The number of rotatable bonds is 5. The molecule has 24 heavy (non-hydrogen) atoms. The van der Waals surface area contributed by atoms with E-state index in [0.717, 1.165) is 5.56 Å². The Morgan fingerprint density at radius 3 is 2.42 bits per heavy atom. The van der Waals surface area contributed by atoms with Crippen molar-refractivity contribution < 1.29 is 13.2 Å². The van der Waals surface area contributed by atoms with Gasteiger partial charge in [0.15, 0.2) is 0 Å². The summed E-state index contributed by atoms with van der Waals surface area (Å²) in [5.74, 6) is -0.715. The molecule has 1 aromatic heterocycles. The lowest BCUT2D eigenvalue weighted by molar-refractivity contribution is 0.0974. The van der Waals surface area contributed by atoms with Crippen molar-refractivity contribution in [2.24, 2.45) is 0 Å². The number of benzene rings is 2.